The van der Waals surface area contributed by atoms with E-state index >= 15 is 0 Å². The lowest BCUT2D eigenvalue weighted by atomic mass is 10.1. The Hall–Kier alpha value is -2.40. The molecule has 22 heavy (non-hydrogen) atoms. The molecule has 0 aliphatic rings. The van der Waals surface area contributed by atoms with Gasteiger partial charge in [0, 0.05) is 6.04 Å². The van der Waals surface area contributed by atoms with Gasteiger partial charge in [-0.15, -0.1) is 0 Å². The van der Waals surface area contributed by atoms with E-state index in [0.29, 0.717) is 0 Å². The number of carbonyl (C=O) groups is 1. The van der Waals surface area contributed by atoms with Gasteiger partial charge in [0.1, 0.15) is 5.56 Å². The van der Waals surface area contributed by atoms with E-state index in [-0.39, 0.29) is 17.2 Å². The lowest BCUT2D eigenvalue weighted by Gasteiger charge is -2.18. The second-order valence-corrected chi connectivity index (χ2v) is 5.43. The zero-order valence-electron chi connectivity index (χ0n) is 13.1. The van der Waals surface area contributed by atoms with Gasteiger partial charge in [0.05, 0.1) is 5.69 Å². The van der Waals surface area contributed by atoms with Crippen LogP contribution in [0.4, 0.5) is 0 Å². The molecule has 5 heteroatoms. The van der Waals surface area contributed by atoms with Gasteiger partial charge >= 0.3 is 0 Å². The molecule has 1 amide bonds. The van der Waals surface area contributed by atoms with Crippen LogP contribution in [-0.4, -0.2) is 10.5 Å². The molecule has 0 unspecified atom stereocenters. The predicted octanol–water partition coefficient (Wildman–Crippen LogP) is 2.26. The molecule has 3 N–H and O–H groups in total. The monoisotopic (exact) mass is 299 g/mol. The van der Waals surface area contributed by atoms with Gasteiger partial charge in [0.2, 0.25) is 0 Å². The highest BCUT2D eigenvalue weighted by Gasteiger charge is 2.16. The minimum absolute atomic E-state index is 0.0464. The van der Waals surface area contributed by atoms with Crippen LogP contribution in [0.15, 0.2) is 41.2 Å². The Morgan fingerprint density at radius 3 is 2.32 bits per heavy atom. The zero-order chi connectivity index (χ0) is 16.3. The third-order valence-electron chi connectivity index (χ3n) is 3.67. The standard InChI is InChI=1S/C17H21N3O2/c1-4-12-5-7-13(8-6-12)15-10-9-14(16(21)19-18)17(22)20(15)11(2)3/h5-11H,4,18H2,1-3H3,(H,19,21). The van der Waals surface area contributed by atoms with Crippen LogP contribution in [0.5, 0.6) is 0 Å². The Labute approximate surface area is 129 Å². The first kappa shape index (κ1) is 16.0. The molecule has 0 atom stereocenters. The predicted molar refractivity (Wildman–Crippen MR) is 87.6 cm³/mol. The topological polar surface area (TPSA) is 77.1 Å². The highest BCUT2D eigenvalue weighted by Crippen LogP contribution is 2.22. The van der Waals surface area contributed by atoms with Crippen LogP contribution in [0.1, 0.15) is 42.7 Å². The largest absolute Gasteiger partial charge is 0.305 e. The van der Waals surface area contributed by atoms with Crippen molar-refractivity contribution in [3.8, 4) is 11.3 Å². The number of hydrogen-bond donors (Lipinski definition) is 2. The van der Waals surface area contributed by atoms with E-state index in [1.54, 1.807) is 10.6 Å². The Morgan fingerprint density at radius 2 is 1.82 bits per heavy atom. The molecule has 2 rings (SSSR count). The fraction of sp³-hybridized carbons (Fsp3) is 0.294. The molecule has 0 aliphatic carbocycles. The molecule has 0 bridgehead atoms. The molecule has 1 heterocycles. The summed E-state index contributed by atoms with van der Waals surface area (Å²) < 4.78 is 1.62. The van der Waals surface area contributed by atoms with Crippen molar-refractivity contribution in [1.82, 2.24) is 9.99 Å². The van der Waals surface area contributed by atoms with Gasteiger partial charge < -0.3 is 4.57 Å². The number of amides is 1. The molecular weight excluding hydrogens is 278 g/mol. The van der Waals surface area contributed by atoms with Crippen molar-refractivity contribution in [2.24, 2.45) is 5.84 Å². The van der Waals surface area contributed by atoms with Crippen LogP contribution in [-0.2, 0) is 6.42 Å². The number of benzene rings is 1. The van der Waals surface area contributed by atoms with E-state index in [1.807, 2.05) is 43.5 Å². The number of hydrazine groups is 1. The highest BCUT2D eigenvalue weighted by atomic mass is 16.2. The average Bonchev–Trinajstić information content (AvgIpc) is 2.53. The number of pyridine rings is 1. The zero-order valence-corrected chi connectivity index (χ0v) is 13.1. The summed E-state index contributed by atoms with van der Waals surface area (Å²) >= 11 is 0. The summed E-state index contributed by atoms with van der Waals surface area (Å²) in [5, 5.41) is 0. The number of nitrogens with one attached hydrogen (secondary N) is 1. The molecule has 0 aliphatic heterocycles. The summed E-state index contributed by atoms with van der Waals surface area (Å²) in [5.41, 5.74) is 4.69. The first-order chi connectivity index (χ1) is 10.5. The van der Waals surface area contributed by atoms with E-state index < -0.39 is 5.91 Å². The van der Waals surface area contributed by atoms with Gasteiger partial charge in [-0.05, 0) is 43.5 Å². The first-order valence-corrected chi connectivity index (χ1v) is 7.35. The van der Waals surface area contributed by atoms with Crippen LogP contribution in [0.3, 0.4) is 0 Å². The van der Waals surface area contributed by atoms with E-state index in [2.05, 4.69) is 6.92 Å². The fourth-order valence-corrected chi connectivity index (χ4v) is 2.46. The summed E-state index contributed by atoms with van der Waals surface area (Å²) in [7, 11) is 0. The molecule has 1 aromatic heterocycles. The van der Waals surface area contributed by atoms with Crippen molar-refractivity contribution >= 4 is 5.91 Å². The highest BCUT2D eigenvalue weighted by molar-refractivity contribution is 5.93. The van der Waals surface area contributed by atoms with Crippen molar-refractivity contribution in [2.45, 2.75) is 33.2 Å². The molecule has 0 fully saturated rings. The van der Waals surface area contributed by atoms with Gasteiger partial charge in [0.15, 0.2) is 0 Å². The summed E-state index contributed by atoms with van der Waals surface area (Å²) in [4.78, 5) is 24.3. The Bertz CT molecular complexity index is 731. The normalized spacial score (nSPS) is 10.8. The molecule has 0 spiro atoms. The summed E-state index contributed by atoms with van der Waals surface area (Å²) in [5.74, 6) is 4.56. The fourth-order valence-electron chi connectivity index (χ4n) is 2.46. The summed E-state index contributed by atoms with van der Waals surface area (Å²) in [6.45, 7) is 5.92. The van der Waals surface area contributed by atoms with E-state index in [1.165, 1.54) is 11.6 Å². The Morgan fingerprint density at radius 1 is 1.18 bits per heavy atom. The van der Waals surface area contributed by atoms with Crippen LogP contribution in [0.25, 0.3) is 11.3 Å². The number of rotatable bonds is 4. The second kappa shape index (κ2) is 6.58. The molecule has 116 valence electrons. The maximum atomic E-state index is 12.6. The van der Waals surface area contributed by atoms with E-state index in [4.69, 9.17) is 5.84 Å². The second-order valence-electron chi connectivity index (χ2n) is 5.43. The minimum Gasteiger partial charge on any atom is -0.305 e. The third kappa shape index (κ3) is 2.94. The SMILES string of the molecule is CCc1ccc(-c2ccc(C(=O)NN)c(=O)n2C(C)C)cc1. The summed E-state index contributed by atoms with van der Waals surface area (Å²) in [6.07, 6.45) is 0.965. The van der Waals surface area contributed by atoms with Gasteiger partial charge in [-0.25, -0.2) is 5.84 Å². The van der Waals surface area contributed by atoms with Crippen molar-refractivity contribution in [3.63, 3.8) is 0 Å². The molecule has 0 radical (unpaired) electrons. The van der Waals surface area contributed by atoms with E-state index in [0.717, 1.165) is 17.7 Å². The van der Waals surface area contributed by atoms with Crippen LogP contribution < -0.4 is 16.8 Å². The van der Waals surface area contributed by atoms with Crippen molar-refractivity contribution in [3.05, 3.63) is 57.9 Å². The lowest BCUT2D eigenvalue weighted by molar-refractivity contribution is 0.0951. The molecule has 0 saturated carbocycles. The smallest absolute Gasteiger partial charge is 0.270 e. The van der Waals surface area contributed by atoms with Gasteiger partial charge in [-0.3, -0.25) is 15.0 Å². The van der Waals surface area contributed by atoms with Gasteiger partial charge in [0.25, 0.3) is 11.5 Å². The van der Waals surface area contributed by atoms with Crippen molar-refractivity contribution in [2.75, 3.05) is 0 Å². The lowest BCUT2D eigenvalue weighted by Crippen LogP contribution is -2.37. The average molecular weight is 299 g/mol. The van der Waals surface area contributed by atoms with Gasteiger partial charge in [-0.2, -0.15) is 0 Å². The van der Waals surface area contributed by atoms with Gasteiger partial charge in [-0.1, -0.05) is 31.2 Å². The Kier molecular flexibility index (Phi) is 4.78. The third-order valence-corrected chi connectivity index (χ3v) is 3.67. The number of nitrogens with two attached hydrogens (primary N) is 1. The van der Waals surface area contributed by atoms with Crippen molar-refractivity contribution in [1.29, 1.82) is 0 Å². The number of aryl methyl sites for hydroxylation is 1. The van der Waals surface area contributed by atoms with Crippen LogP contribution >= 0.6 is 0 Å². The number of nitrogens with zero attached hydrogens (tertiary/aromatic N) is 1. The molecule has 2 aromatic rings. The number of aromatic nitrogens is 1. The Balaban J connectivity index is 2.63. The maximum Gasteiger partial charge on any atom is 0.270 e. The molecule has 0 saturated heterocycles. The quantitative estimate of drug-likeness (QED) is 0.516. The summed E-state index contributed by atoms with van der Waals surface area (Å²) in [6, 6.07) is 11.3. The van der Waals surface area contributed by atoms with Crippen LogP contribution in [0, 0.1) is 0 Å². The van der Waals surface area contributed by atoms with E-state index in [9.17, 15) is 9.59 Å². The van der Waals surface area contributed by atoms with Crippen LogP contribution in [0.2, 0.25) is 0 Å². The molecular formula is C17H21N3O2. The minimum atomic E-state index is -0.577. The first-order valence-electron chi connectivity index (χ1n) is 7.35. The molecule has 1 aromatic carbocycles. The van der Waals surface area contributed by atoms with Crippen molar-refractivity contribution < 1.29 is 4.79 Å². The number of hydrogen-bond acceptors (Lipinski definition) is 3. The maximum absolute atomic E-state index is 12.6. The number of carbonyl (C=O) groups excluding carboxylic acids is 1. The molecule has 5 nitrogen and oxygen atoms in total. The number of nitrogen functional groups attached to an aromatic ring is 1.